The molecule has 0 aromatic carbocycles. The van der Waals surface area contributed by atoms with Crippen molar-refractivity contribution in [1.82, 2.24) is 0 Å². The van der Waals surface area contributed by atoms with E-state index in [2.05, 4.69) is 0 Å². The molecule has 0 fully saturated rings. The Morgan fingerprint density at radius 1 is 1.12 bits per heavy atom. The zero-order valence-electron chi connectivity index (χ0n) is 5.32. The SMILES string of the molecule is CC(=O)[C-]C(C)=O.[Li+]. The summed E-state index contributed by atoms with van der Waals surface area (Å²) in [4.78, 5) is 19.8. The number of rotatable bonds is 2. The number of carbonyl (C=O) groups excluding carboxylic acids is 2. The van der Waals surface area contributed by atoms with E-state index in [0.29, 0.717) is 0 Å². The third-order valence-corrected chi connectivity index (χ3v) is 0.352. The summed E-state index contributed by atoms with van der Waals surface area (Å²) in [5.41, 5.74) is 0. The topological polar surface area (TPSA) is 34.1 Å². The molecule has 0 heterocycles. The average molecular weight is 105 g/mol. The first-order valence-electron chi connectivity index (χ1n) is 1.91. The van der Waals surface area contributed by atoms with Crippen molar-refractivity contribution in [2.75, 3.05) is 0 Å². The zero-order valence-corrected chi connectivity index (χ0v) is 5.32. The summed E-state index contributed by atoms with van der Waals surface area (Å²) in [5, 5.41) is 0. The molecular formula is C5H6LiO2. The first-order chi connectivity index (χ1) is 3.13. The molecule has 0 atom stereocenters. The molecule has 0 N–H and O–H groups in total. The smallest absolute Gasteiger partial charge is 0.382 e. The maximum atomic E-state index is 9.92. The van der Waals surface area contributed by atoms with Gasteiger partial charge in [-0.05, 0) is 25.4 Å². The first-order valence-corrected chi connectivity index (χ1v) is 1.91. The Morgan fingerprint density at radius 3 is 1.38 bits per heavy atom. The fourth-order valence-corrected chi connectivity index (χ4v) is 0.248. The molecule has 0 aromatic rings. The van der Waals surface area contributed by atoms with Gasteiger partial charge in [-0.2, -0.15) is 0 Å². The van der Waals surface area contributed by atoms with E-state index in [9.17, 15) is 9.59 Å². The molecule has 0 unspecified atom stereocenters. The summed E-state index contributed by atoms with van der Waals surface area (Å²) in [5.74, 6) is -0.625. The van der Waals surface area contributed by atoms with Gasteiger partial charge in [-0.15, -0.1) is 0 Å². The quantitative estimate of drug-likeness (QED) is 0.282. The summed E-state index contributed by atoms with van der Waals surface area (Å²) >= 11 is 0. The van der Waals surface area contributed by atoms with Crippen LogP contribution in [0.25, 0.3) is 0 Å². The fourth-order valence-electron chi connectivity index (χ4n) is 0.248. The molecule has 0 spiro atoms. The molecule has 0 bridgehead atoms. The van der Waals surface area contributed by atoms with Crippen molar-refractivity contribution in [2.45, 2.75) is 13.8 Å². The standard InChI is InChI=1S/C5H6O2.Li/c1-4(6)3-5(2)7;/h1-2H3;/q-1;+1. The monoisotopic (exact) mass is 105 g/mol. The van der Waals surface area contributed by atoms with E-state index < -0.39 is 0 Å². The summed E-state index contributed by atoms with van der Waals surface area (Å²) in [6.07, 6.45) is 2.03. The first kappa shape index (κ1) is 10.7. The van der Waals surface area contributed by atoms with Gasteiger partial charge in [0.1, 0.15) is 0 Å². The fraction of sp³-hybridized carbons (Fsp3) is 0.400. The molecule has 1 radical (unpaired) electrons. The van der Waals surface area contributed by atoms with Crippen molar-refractivity contribution < 1.29 is 28.4 Å². The Morgan fingerprint density at radius 2 is 1.38 bits per heavy atom. The maximum Gasteiger partial charge on any atom is 1.00 e. The molecule has 0 amide bonds. The van der Waals surface area contributed by atoms with Gasteiger partial charge in [-0.3, -0.25) is 0 Å². The van der Waals surface area contributed by atoms with Crippen LogP contribution in [0.1, 0.15) is 13.8 Å². The Balaban J connectivity index is 0. The van der Waals surface area contributed by atoms with Crippen LogP contribution in [0, 0.1) is 6.42 Å². The minimum atomic E-state index is -0.312. The van der Waals surface area contributed by atoms with Gasteiger partial charge in [-0.25, -0.2) is 0 Å². The predicted octanol–water partition coefficient (Wildman–Crippen LogP) is -2.75. The molecule has 8 heavy (non-hydrogen) atoms. The summed E-state index contributed by atoms with van der Waals surface area (Å²) in [6, 6.07) is 0. The second-order valence-corrected chi connectivity index (χ2v) is 1.24. The van der Waals surface area contributed by atoms with Crippen molar-refractivity contribution in [1.29, 1.82) is 0 Å². The molecule has 0 aliphatic heterocycles. The number of hydrogen-bond donors (Lipinski definition) is 0. The van der Waals surface area contributed by atoms with Gasteiger partial charge in [0.25, 0.3) is 0 Å². The molecule has 0 saturated heterocycles. The van der Waals surface area contributed by atoms with Crippen LogP contribution < -0.4 is 18.9 Å². The predicted molar refractivity (Wildman–Crippen MR) is 24.6 cm³/mol. The summed E-state index contributed by atoms with van der Waals surface area (Å²) < 4.78 is 0. The number of hydrogen-bond acceptors (Lipinski definition) is 2. The molecule has 0 rings (SSSR count). The molecule has 2 nitrogen and oxygen atoms in total. The van der Waals surface area contributed by atoms with Crippen LogP contribution in [0.4, 0.5) is 0 Å². The normalized spacial score (nSPS) is 6.75. The van der Waals surface area contributed by atoms with Gasteiger partial charge in [0.15, 0.2) is 0 Å². The van der Waals surface area contributed by atoms with Crippen LogP contribution in [0.3, 0.4) is 0 Å². The van der Waals surface area contributed by atoms with Gasteiger partial charge in [0.2, 0.25) is 0 Å². The number of ketones is 2. The number of carbonyl (C=O) groups is 2. The maximum absolute atomic E-state index is 9.92. The summed E-state index contributed by atoms with van der Waals surface area (Å²) in [7, 11) is 0. The minimum Gasteiger partial charge on any atom is -0.382 e. The molecule has 39 valence electrons. The van der Waals surface area contributed by atoms with E-state index in [-0.39, 0.29) is 30.4 Å². The third-order valence-electron chi connectivity index (χ3n) is 0.352. The van der Waals surface area contributed by atoms with E-state index >= 15 is 0 Å². The van der Waals surface area contributed by atoms with E-state index in [4.69, 9.17) is 0 Å². The van der Waals surface area contributed by atoms with Crippen LogP contribution >= 0.6 is 0 Å². The van der Waals surface area contributed by atoms with E-state index in [1.807, 2.05) is 6.42 Å². The van der Waals surface area contributed by atoms with Crippen LogP contribution in [-0.2, 0) is 9.59 Å². The molecule has 0 saturated carbocycles. The summed E-state index contributed by atoms with van der Waals surface area (Å²) in [6.45, 7) is 2.59. The zero-order chi connectivity index (χ0) is 5.86. The Kier molecular flexibility index (Phi) is 6.64. The third kappa shape index (κ3) is 9.26. The molecule has 0 aliphatic rings. The molecule has 0 aromatic heterocycles. The Labute approximate surface area is 60.8 Å². The average Bonchev–Trinajstić information content (AvgIpc) is 1.27. The molecule has 3 heteroatoms. The van der Waals surface area contributed by atoms with E-state index in [1.54, 1.807) is 0 Å². The van der Waals surface area contributed by atoms with Crippen LogP contribution in [0.15, 0.2) is 0 Å². The van der Waals surface area contributed by atoms with Crippen molar-refractivity contribution in [3.8, 4) is 0 Å². The molecular weight excluding hydrogens is 99.0 g/mol. The minimum absolute atomic E-state index is 0. The van der Waals surface area contributed by atoms with E-state index in [0.717, 1.165) is 0 Å². The second kappa shape index (κ2) is 4.95. The van der Waals surface area contributed by atoms with Gasteiger partial charge in [0.05, 0.1) is 0 Å². The van der Waals surface area contributed by atoms with Crippen LogP contribution in [-0.4, -0.2) is 11.6 Å². The van der Waals surface area contributed by atoms with Crippen molar-refractivity contribution in [2.24, 2.45) is 0 Å². The molecule has 0 aliphatic carbocycles. The van der Waals surface area contributed by atoms with Crippen LogP contribution in [0.2, 0.25) is 0 Å². The van der Waals surface area contributed by atoms with Crippen molar-refractivity contribution in [3.63, 3.8) is 0 Å². The number of Topliss-reactive ketones (excluding diaryl/α,β-unsaturated/α-hetero) is 2. The van der Waals surface area contributed by atoms with Crippen molar-refractivity contribution >= 4 is 11.6 Å². The van der Waals surface area contributed by atoms with Gasteiger partial charge in [-0.1, -0.05) is 0 Å². The van der Waals surface area contributed by atoms with Crippen molar-refractivity contribution in [3.05, 3.63) is 6.42 Å². The van der Waals surface area contributed by atoms with Gasteiger partial charge < -0.3 is 16.0 Å². The van der Waals surface area contributed by atoms with Gasteiger partial charge >= 0.3 is 18.9 Å². The van der Waals surface area contributed by atoms with Gasteiger partial charge in [0, 0.05) is 0 Å². The Bertz CT molecular complexity index is 86.6. The van der Waals surface area contributed by atoms with E-state index in [1.165, 1.54) is 13.8 Å². The van der Waals surface area contributed by atoms with Crippen LogP contribution in [0.5, 0.6) is 0 Å². The second-order valence-electron chi connectivity index (χ2n) is 1.24. The Hall–Kier alpha value is -0.193. The largest absolute Gasteiger partial charge is 1.00 e.